The molecule has 88 valence electrons. The molecule has 0 saturated carbocycles. The van der Waals surface area contributed by atoms with Gasteiger partial charge in [0, 0.05) is 0 Å². The van der Waals surface area contributed by atoms with Crippen LogP contribution in [0.2, 0.25) is 0 Å². The minimum atomic E-state index is 2.00. The van der Waals surface area contributed by atoms with E-state index in [2.05, 4.69) is 13.2 Å². The van der Waals surface area contributed by atoms with Crippen molar-refractivity contribution in [2.75, 3.05) is 0 Å². The summed E-state index contributed by atoms with van der Waals surface area (Å²) in [7, 11) is 0. The molecule has 0 bridgehead atoms. The molecular weight excluding hydrogens is 168 g/mol. The van der Waals surface area contributed by atoms with Crippen molar-refractivity contribution in [3.05, 3.63) is 37.5 Å². The molecule has 0 aromatic carbocycles. The van der Waals surface area contributed by atoms with E-state index in [-0.39, 0.29) is 0 Å². The number of hydrogen-bond donors (Lipinski definition) is 0. The molecule has 0 spiro atoms. The second kappa shape index (κ2) is 148. The molecule has 0 heterocycles. The lowest BCUT2D eigenvalue weighted by Crippen LogP contribution is -1.40. The molecule has 0 atom stereocenters. The smallest absolute Gasteiger partial charge is 0.0467 e. The summed E-state index contributed by atoms with van der Waals surface area (Å²) in [5.74, 6) is 0. The average Bonchev–Trinajstić information content (AvgIpc) is 2.36. The monoisotopic (exact) mass is 200 g/mol. The molecule has 0 rings (SSSR count). The van der Waals surface area contributed by atoms with Gasteiger partial charge in [0.05, 0.1) is 0 Å². The Labute approximate surface area is 93.4 Å². The molecular formula is C14H32. The Bertz CT molecular complexity index is 58.1. The van der Waals surface area contributed by atoms with Crippen LogP contribution in [0.15, 0.2) is 37.5 Å². The van der Waals surface area contributed by atoms with Crippen LogP contribution in [0.3, 0.4) is 0 Å². The summed E-state index contributed by atoms with van der Waals surface area (Å²) in [4.78, 5) is 0. The van der Waals surface area contributed by atoms with E-state index in [0.29, 0.717) is 0 Å². The molecule has 14 heavy (non-hydrogen) atoms. The molecule has 0 radical (unpaired) electrons. The molecule has 0 saturated heterocycles. The van der Waals surface area contributed by atoms with Gasteiger partial charge in [0.1, 0.15) is 0 Å². The highest BCUT2D eigenvalue weighted by Crippen LogP contribution is 1.71. The largest absolute Gasteiger partial charge is 0.106 e. The first kappa shape index (κ1) is 29.2. The lowest BCUT2D eigenvalue weighted by Gasteiger charge is -1.62. The van der Waals surface area contributed by atoms with Crippen molar-refractivity contribution in [2.24, 2.45) is 0 Å². The average molecular weight is 200 g/mol. The third kappa shape index (κ3) is 238. The highest BCUT2D eigenvalue weighted by molar-refractivity contribution is 4.98. The Kier molecular flexibility index (Phi) is 310. The van der Waals surface area contributed by atoms with Crippen LogP contribution in [0, 0.1) is 0 Å². The van der Waals surface area contributed by atoms with Gasteiger partial charge in [-0.05, 0) is 13.8 Å². The SMILES string of the molecule is C/C=C\C=C/C.C=C.CC.CC.CC. The van der Waals surface area contributed by atoms with Crippen LogP contribution < -0.4 is 0 Å². The Morgan fingerprint density at radius 2 is 0.714 bits per heavy atom. The fourth-order valence-electron chi connectivity index (χ4n) is 0.222. The predicted octanol–water partition coefficient (Wildman–Crippen LogP) is 6.02. The summed E-state index contributed by atoms with van der Waals surface area (Å²) in [5, 5.41) is 0. The number of rotatable bonds is 1. The van der Waals surface area contributed by atoms with Gasteiger partial charge in [-0.1, -0.05) is 65.8 Å². The quantitative estimate of drug-likeness (QED) is 0.358. The normalized spacial score (nSPS) is 6.57. The topological polar surface area (TPSA) is 0 Å². The van der Waals surface area contributed by atoms with Crippen LogP contribution in [-0.2, 0) is 0 Å². The minimum absolute atomic E-state index is 2.00. The molecule has 0 N–H and O–H groups in total. The van der Waals surface area contributed by atoms with Crippen molar-refractivity contribution in [2.45, 2.75) is 55.4 Å². The van der Waals surface area contributed by atoms with Crippen molar-refractivity contribution in [3.8, 4) is 0 Å². The van der Waals surface area contributed by atoms with Crippen LogP contribution in [0.1, 0.15) is 55.4 Å². The Hall–Kier alpha value is -0.780. The first-order valence-corrected chi connectivity index (χ1v) is 5.65. The maximum atomic E-state index is 3.00. The van der Waals surface area contributed by atoms with Crippen molar-refractivity contribution < 1.29 is 0 Å². The highest BCUT2D eigenvalue weighted by atomic mass is 13.6. The Morgan fingerprint density at radius 1 is 0.571 bits per heavy atom. The van der Waals surface area contributed by atoms with Crippen LogP contribution in [0.5, 0.6) is 0 Å². The Morgan fingerprint density at radius 3 is 0.786 bits per heavy atom. The lowest BCUT2D eigenvalue weighted by atomic mass is 10.5. The van der Waals surface area contributed by atoms with E-state index in [0.717, 1.165) is 0 Å². The van der Waals surface area contributed by atoms with E-state index in [4.69, 9.17) is 0 Å². The Balaban J connectivity index is -0.0000000287. The van der Waals surface area contributed by atoms with Gasteiger partial charge in [-0.15, -0.1) is 13.2 Å². The van der Waals surface area contributed by atoms with E-state index in [1.807, 2.05) is 79.7 Å². The van der Waals surface area contributed by atoms with Crippen LogP contribution in [-0.4, -0.2) is 0 Å². The van der Waals surface area contributed by atoms with Crippen LogP contribution >= 0.6 is 0 Å². The fraction of sp³-hybridized carbons (Fsp3) is 0.571. The molecule has 0 aromatic rings. The molecule has 0 amide bonds. The maximum Gasteiger partial charge on any atom is -0.0467 e. The predicted molar refractivity (Wildman–Crippen MR) is 74.9 cm³/mol. The van der Waals surface area contributed by atoms with Gasteiger partial charge in [-0.2, -0.15) is 0 Å². The third-order valence-electron chi connectivity index (χ3n) is 0.496. The molecule has 0 aromatic heterocycles. The van der Waals surface area contributed by atoms with Crippen molar-refractivity contribution >= 4 is 0 Å². The molecule has 0 aliphatic heterocycles. The second-order valence-corrected chi connectivity index (χ2v) is 1.05. The summed E-state index contributed by atoms with van der Waals surface area (Å²) in [5.41, 5.74) is 0. The molecule has 0 aliphatic rings. The van der Waals surface area contributed by atoms with Crippen LogP contribution in [0.4, 0.5) is 0 Å². The standard InChI is InChI=1S/C6H10.3C2H6.C2H4/c1-3-5-6-4-2;4*1-2/h3-6H,1-2H3;3*1-2H3;1-2H2/b5-3-,6-4-;;;;. The summed E-state index contributed by atoms with van der Waals surface area (Å²) in [6.07, 6.45) is 8.00. The van der Waals surface area contributed by atoms with E-state index in [1.54, 1.807) is 0 Å². The maximum absolute atomic E-state index is 3.00. The van der Waals surface area contributed by atoms with Crippen molar-refractivity contribution in [3.63, 3.8) is 0 Å². The molecule has 0 fully saturated rings. The van der Waals surface area contributed by atoms with Gasteiger partial charge in [0.15, 0.2) is 0 Å². The van der Waals surface area contributed by atoms with Gasteiger partial charge >= 0.3 is 0 Å². The molecule has 0 unspecified atom stereocenters. The van der Waals surface area contributed by atoms with Gasteiger partial charge in [-0.25, -0.2) is 0 Å². The van der Waals surface area contributed by atoms with Gasteiger partial charge < -0.3 is 0 Å². The van der Waals surface area contributed by atoms with Crippen LogP contribution in [0.25, 0.3) is 0 Å². The molecule has 0 nitrogen and oxygen atoms in total. The van der Waals surface area contributed by atoms with Crippen molar-refractivity contribution in [1.82, 2.24) is 0 Å². The molecule has 0 aliphatic carbocycles. The minimum Gasteiger partial charge on any atom is -0.106 e. The lowest BCUT2D eigenvalue weighted by molar-refractivity contribution is 1.50. The van der Waals surface area contributed by atoms with E-state index in [1.165, 1.54) is 0 Å². The fourth-order valence-corrected chi connectivity index (χ4v) is 0.222. The number of allylic oxidation sites excluding steroid dienone is 4. The van der Waals surface area contributed by atoms with Crippen molar-refractivity contribution in [1.29, 1.82) is 0 Å². The van der Waals surface area contributed by atoms with Gasteiger partial charge in [-0.3, -0.25) is 0 Å². The zero-order valence-corrected chi connectivity index (χ0v) is 11.7. The van der Waals surface area contributed by atoms with E-state index < -0.39 is 0 Å². The summed E-state index contributed by atoms with van der Waals surface area (Å²) < 4.78 is 0. The van der Waals surface area contributed by atoms with Gasteiger partial charge in [0.2, 0.25) is 0 Å². The third-order valence-corrected chi connectivity index (χ3v) is 0.496. The van der Waals surface area contributed by atoms with E-state index in [9.17, 15) is 0 Å². The zero-order valence-electron chi connectivity index (χ0n) is 11.7. The van der Waals surface area contributed by atoms with E-state index >= 15 is 0 Å². The molecule has 0 heteroatoms. The second-order valence-electron chi connectivity index (χ2n) is 1.05. The first-order valence-electron chi connectivity index (χ1n) is 5.65. The first-order chi connectivity index (χ1) is 6.91. The highest BCUT2D eigenvalue weighted by Gasteiger charge is 1.48. The summed E-state index contributed by atoms with van der Waals surface area (Å²) in [6.45, 7) is 22.0. The summed E-state index contributed by atoms with van der Waals surface area (Å²) >= 11 is 0. The number of hydrogen-bond acceptors (Lipinski definition) is 0. The zero-order chi connectivity index (χ0) is 12.8. The van der Waals surface area contributed by atoms with Gasteiger partial charge in [0.25, 0.3) is 0 Å². The summed E-state index contributed by atoms with van der Waals surface area (Å²) in [6, 6.07) is 0.